The van der Waals surface area contributed by atoms with Crippen molar-refractivity contribution in [2.24, 2.45) is 5.73 Å². The second-order valence-corrected chi connectivity index (χ2v) is 5.50. The number of nitrogens with two attached hydrogens (primary N) is 1. The quantitative estimate of drug-likeness (QED) is 0.803. The lowest BCUT2D eigenvalue weighted by atomic mass is 10.0. The number of aliphatic carboxylic acids is 1. The highest BCUT2D eigenvalue weighted by atomic mass is 16.5. The Hall–Kier alpha value is -1.95. The van der Waals surface area contributed by atoms with Crippen molar-refractivity contribution in [3.8, 4) is 11.5 Å². The van der Waals surface area contributed by atoms with Crippen LogP contribution in [-0.2, 0) is 4.79 Å². The Bertz CT molecular complexity index is 527. The summed E-state index contributed by atoms with van der Waals surface area (Å²) in [5.74, 6) is 0.583. The largest absolute Gasteiger partial charge is 0.496 e. The molecular formula is C16H24N2O4. The van der Waals surface area contributed by atoms with Crippen LogP contribution in [0.3, 0.4) is 0 Å². The third-order valence-electron chi connectivity index (χ3n) is 4.05. The Morgan fingerprint density at radius 1 is 1.27 bits per heavy atom. The van der Waals surface area contributed by atoms with Gasteiger partial charge in [0.1, 0.15) is 11.5 Å². The summed E-state index contributed by atoms with van der Waals surface area (Å²) in [6.07, 6.45) is 2.73. The van der Waals surface area contributed by atoms with Crippen LogP contribution in [0.2, 0.25) is 0 Å². The third kappa shape index (κ3) is 3.62. The molecule has 1 atom stereocenters. The molecule has 1 heterocycles. The van der Waals surface area contributed by atoms with Crippen LogP contribution in [-0.4, -0.2) is 38.4 Å². The lowest BCUT2D eigenvalue weighted by Gasteiger charge is -2.24. The molecule has 0 bridgehead atoms. The molecule has 6 nitrogen and oxygen atoms in total. The van der Waals surface area contributed by atoms with Crippen LogP contribution in [0.25, 0.3) is 0 Å². The van der Waals surface area contributed by atoms with Gasteiger partial charge in [0, 0.05) is 37.2 Å². The number of carboxylic acids is 1. The molecule has 1 aromatic carbocycles. The van der Waals surface area contributed by atoms with Crippen LogP contribution in [0.4, 0.5) is 5.69 Å². The van der Waals surface area contributed by atoms with E-state index in [1.807, 2.05) is 12.1 Å². The number of nitrogens with zero attached hydrogens (tertiary/aromatic N) is 1. The molecule has 1 unspecified atom stereocenters. The highest BCUT2D eigenvalue weighted by Crippen LogP contribution is 2.39. The van der Waals surface area contributed by atoms with Gasteiger partial charge in [0.2, 0.25) is 0 Å². The van der Waals surface area contributed by atoms with Crippen LogP contribution in [0.5, 0.6) is 11.5 Å². The molecule has 1 saturated heterocycles. The Labute approximate surface area is 130 Å². The van der Waals surface area contributed by atoms with E-state index in [2.05, 4.69) is 4.90 Å². The van der Waals surface area contributed by atoms with E-state index in [0.29, 0.717) is 12.2 Å². The first kappa shape index (κ1) is 16.4. The van der Waals surface area contributed by atoms with E-state index in [1.165, 1.54) is 12.8 Å². The Kier molecular flexibility index (Phi) is 5.49. The van der Waals surface area contributed by atoms with Crippen LogP contribution < -0.4 is 20.1 Å². The molecule has 0 aromatic heterocycles. The van der Waals surface area contributed by atoms with Crippen molar-refractivity contribution in [2.75, 3.05) is 32.2 Å². The molecule has 1 aliphatic rings. The van der Waals surface area contributed by atoms with Crippen molar-refractivity contribution in [2.45, 2.75) is 31.7 Å². The zero-order valence-corrected chi connectivity index (χ0v) is 13.2. The smallest absolute Gasteiger partial charge is 0.303 e. The Morgan fingerprint density at radius 2 is 1.91 bits per heavy atom. The van der Waals surface area contributed by atoms with Gasteiger partial charge in [-0.1, -0.05) is 0 Å². The van der Waals surface area contributed by atoms with E-state index in [9.17, 15) is 4.79 Å². The predicted molar refractivity (Wildman–Crippen MR) is 84.8 cm³/mol. The summed E-state index contributed by atoms with van der Waals surface area (Å²) in [6.45, 7) is 2.01. The number of ether oxygens (including phenoxy) is 2. The monoisotopic (exact) mass is 308 g/mol. The number of rotatable bonds is 7. The van der Waals surface area contributed by atoms with Crippen LogP contribution in [0.1, 0.15) is 37.3 Å². The van der Waals surface area contributed by atoms with Gasteiger partial charge in [0.05, 0.1) is 19.9 Å². The average molecular weight is 308 g/mol. The van der Waals surface area contributed by atoms with Gasteiger partial charge in [-0.25, -0.2) is 0 Å². The zero-order chi connectivity index (χ0) is 16.1. The maximum Gasteiger partial charge on any atom is 0.303 e. The van der Waals surface area contributed by atoms with Gasteiger partial charge in [0.15, 0.2) is 0 Å². The highest BCUT2D eigenvalue weighted by molar-refractivity contribution is 5.67. The van der Waals surface area contributed by atoms with Gasteiger partial charge in [-0.15, -0.1) is 0 Å². The number of hydrogen-bond donors (Lipinski definition) is 2. The molecule has 22 heavy (non-hydrogen) atoms. The summed E-state index contributed by atoms with van der Waals surface area (Å²) >= 11 is 0. The molecule has 0 radical (unpaired) electrons. The fourth-order valence-corrected chi connectivity index (χ4v) is 2.83. The van der Waals surface area contributed by atoms with E-state index in [-0.39, 0.29) is 6.42 Å². The first-order valence-corrected chi connectivity index (χ1v) is 7.55. The number of hydrogen-bond acceptors (Lipinski definition) is 5. The summed E-state index contributed by atoms with van der Waals surface area (Å²) in [6, 6.07) is 3.42. The predicted octanol–water partition coefficient (Wildman–Crippen LogP) is 2.17. The minimum Gasteiger partial charge on any atom is -0.496 e. The fourth-order valence-electron chi connectivity index (χ4n) is 2.83. The number of anilines is 1. The SMILES string of the molecule is COc1cc(N2CCCC2)c(OC)cc1C(N)CCC(=O)O. The van der Waals surface area contributed by atoms with Crippen molar-refractivity contribution >= 4 is 11.7 Å². The van der Waals surface area contributed by atoms with Gasteiger partial charge < -0.3 is 25.2 Å². The molecule has 0 amide bonds. The molecule has 1 fully saturated rings. The third-order valence-corrected chi connectivity index (χ3v) is 4.05. The maximum absolute atomic E-state index is 10.7. The van der Waals surface area contributed by atoms with E-state index >= 15 is 0 Å². The lowest BCUT2D eigenvalue weighted by molar-refractivity contribution is -0.137. The molecule has 1 aromatic rings. The zero-order valence-electron chi connectivity index (χ0n) is 13.2. The van der Waals surface area contributed by atoms with Gasteiger partial charge >= 0.3 is 5.97 Å². The second-order valence-electron chi connectivity index (χ2n) is 5.50. The van der Waals surface area contributed by atoms with Crippen LogP contribution in [0, 0.1) is 0 Å². The van der Waals surface area contributed by atoms with E-state index in [1.54, 1.807) is 14.2 Å². The molecule has 1 aliphatic heterocycles. The molecule has 6 heteroatoms. The maximum atomic E-state index is 10.7. The van der Waals surface area contributed by atoms with Gasteiger partial charge in [-0.2, -0.15) is 0 Å². The molecule has 0 saturated carbocycles. The molecule has 122 valence electrons. The fraction of sp³-hybridized carbons (Fsp3) is 0.562. The van der Waals surface area contributed by atoms with Crippen LogP contribution >= 0.6 is 0 Å². The standard InChI is InChI=1S/C16H24N2O4/c1-21-14-10-13(18-7-3-4-8-18)15(22-2)9-11(14)12(17)5-6-16(19)20/h9-10,12H,3-8,17H2,1-2H3,(H,19,20). The van der Waals surface area contributed by atoms with Crippen molar-refractivity contribution in [1.29, 1.82) is 0 Å². The highest BCUT2D eigenvalue weighted by Gasteiger charge is 2.22. The minimum absolute atomic E-state index is 0.0283. The number of benzene rings is 1. The second kappa shape index (κ2) is 7.35. The summed E-state index contributed by atoms with van der Waals surface area (Å²) in [4.78, 5) is 13.0. The van der Waals surface area contributed by atoms with E-state index in [4.69, 9.17) is 20.3 Å². The Balaban J connectivity index is 2.31. The van der Waals surface area contributed by atoms with E-state index in [0.717, 1.165) is 30.1 Å². The van der Waals surface area contributed by atoms with Crippen molar-refractivity contribution < 1.29 is 19.4 Å². The number of carboxylic acid groups (broad SMARTS) is 1. The Morgan fingerprint density at radius 3 is 2.45 bits per heavy atom. The molecule has 3 N–H and O–H groups in total. The first-order valence-electron chi connectivity index (χ1n) is 7.55. The lowest BCUT2D eigenvalue weighted by Crippen LogP contribution is -2.20. The minimum atomic E-state index is -0.852. The molecule has 0 spiro atoms. The average Bonchev–Trinajstić information content (AvgIpc) is 3.05. The van der Waals surface area contributed by atoms with Crippen LogP contribution in [0.15, 0.2) is 12.1 Å². The summed E-state index contributed by atoms with van der Waals surface area (Å²) in [5.41, 5.74) is 7.92. The topological polar surface area (TPSA) is 85.0 Å². The summed E-state index contributed by atoms with van der Waals surface area (Å²) in [5, 5.41) is 8.81. The van der Waals surface area contributed by atoms with Crippen molar-refractivity contribution in [3.63, 3.8) is 0 Å². The van der Waals surface area contributed by atoms with Gasteiger partial charge in [-0.3, -0.25) is 4.79 Å². The van der Waals surface area contributed by atoms with Crippen molar-refractivity contribution in [3.05, 3.63) is 17.7 Å². The van der Waals surface area contributed by atoms with Gasteiger partial charge in [-0.05, 0) is 25.3 Å². The number of carbonyl (C=O) groups is 1. The molecular weight excluding hydrogens is 284 g/mol. The van der Waals surface area contributed by atoms with E-state index < -0.39 is 12.0 Å². The van der Waals surface area contributed by atoms with Gasteiger partial charge in [0.25, 0.3) is 0 Å². The summed E-state index contributed by atoms with van der Waals surface area (Å²) in [7, 11) is 3.23. The first-order chi connectivity index (χ1) is 10.6. The molecule has 2 rings (SSSR count). The normalized spacial score (nSPS) is 15.7. The number of methoxy groups -OCH3 is 2. The van der Waals surface area contributed by atoms with Crippen molar-refractivity contribution in [1.82, 2.24) is 0 Å². The summed E-state index contributed by atoms with van der Waals surface area (Å²) < 4.78 is 11.0. The molecule has 0 aliphatic carbocycles.